The summed E-state index contributed by atoms with van der Waals surface area (Å²) in [5.41, 5.74) is 14.3. The van der Waals surface area contributed by atoms with Crippen LogP contribution in [-0.4, -0.2) is 20.1 Å². The number of nitrogens with one attached hydrogen (secondary N) is 1. The van der Waals surface area contributed by atoms with E-state index in [9.17, 15) is 0 Å². The van der Waals surface area contributed by atoms with E-state index >= 15 is 0 Å². The van der Waals surface area contributed by atoms with Gasteiger partial charge in [-0.15, -0.1) is 0 Å². The molecule has 3 N–H and O–H groups in total. The van der Waals surface area contributed by atoms with E-state index in [1.807, 2.05) is 0 Å². The standard InChI is InChI=1S/C15H23N3OS/c1-15(2)6-8-18-7-4-5-10-13(18)11(15)9-12(16)14(10)20-19-17-3/h9,17H,4-8,16H2,1-3H3. The fraction of sp³-hybridized carbons (Fsp3) is 0.600. The number of rotatable bonds is 3. The van der Waals surface area contributed by atoms with E-state index in [1.54, 1.807) is 7.05 Å². The molecule has 2 aliphatic rings. The molecular weight excluding hydrogens is 270 g/mol. The summed E-state index contributed by atoms with van der Waals surface area (Å²) in [7, 11) is 1.77. The van der Waals surface area contributed by atoms with Gasteiger partial charge in [0.1, 0.15) is 0 Å². The van der Waals surface area contributed by atoms with Gasteiger partial charge in [0.15, 0.2) is 0 Å². The Morgan fingerprint density at radius 1 is 1.40 bits per heavy atom. The van der Waals surface area contributed by atoms with Gasteiger partial charge in [0, 0.05) is 31.5 Å². The molecule has 5 heteroatoms. The molecule has 2 aliphatic heterocycles. The van der Waals surface area contributed by atoms with Gasteiger partial charge < -0.3 is 10.6 Å². The molecule has 0 fully saturated rings. The maximum absolute atomic E-state index is 6.31. The third-order valence-corrected chi connectivity index (χ3v) is 5.39. The Morgan fingerprint density at radius 2 is 2.20 bits per heavy atom. The van der Waals surface area contributed by atoms with Gasteiger partial charge in [-0.3, -0.25) is 0 Å². The Balaban J connectivity index is 2.16. The summed E-state index contributed by atoms with van der Waals surface area (Å²) in [6, 6.07) is 2.16. The van der Waals surface area contributed by atoms with E-state index < -0.39 is 0 Å². The zero-order valence-corrected chi connectivity index (χ0v) is 13.3. The molecule has 110 valence electrons. The smallest absolute Gasteiger partial charge is 0.0655 e. The number of nitrogen functional groups attached to an aromatic ring is 1. The monoisotopic (exact) mass is 293 g/mol. The van der Waals surface area contributed by atoms with Gasteiger partial charge in [-0.05, 0) is 41.9 Å². The second-order valence-electron chi connectivity index (χ2n) is 6.26. The van der Waals surface area contributed by atoms with Crippen LogP contribution < -0.4 is 16.1 Å². The van der Waals surface area contributed by atoms with Gasteiger partial charge in [0.25, 0.3) is 0 Å². The van der Waals surface area contributed by atoms with E-state index in [0.717, 1.165) is 30.1 Å². The fourth-order valence-electron chi connectivity index (χ4n) is 3.36. The van der Waals surface area contributed by atoms with Crippen LogP contribution in [0.25, 0.3) is 0 Å². The van der Waals surface area contributed by atoms with Gasteiger partial charge in [0.2, 0.25) is 0 Å². The number of nitrogens with two attached hydrogens (primary N) is 1. The molecule has 20 heavy (non-hydrogen) atoms. The topological polar surface area (TPSA) is 50.5 Å². The molecule has 0 saturated carbocycles. The second-order valence-corrected chi connectivity index (χ2v) is 7.01. The highest BCUT2D eigenvalue weighted by Gasteiger charge is 2.36. The molecule has 0 radical (unpaired) electrons. The van der Waals surface area contributed by atoms with Gasteiger partial charge in [-0.2, -0.15) is 5.48 Å². The lowest BCUT2D eigenvalue weighted by molar-refractivity contribution is 0.271. The summed E-state index contributed by atoms with van der Waals surface area (Å²) in [6.45, 7) is 6.96. The maximum atomic E-state index is 6.31. The van der Waals surface area contributed by atoms with E-state index in [4.69, 9.17) is 10.0 Å². The Hall–Kier alpha value is -0.910. The van der Waals surface area contributed by atoms with Crippen LogP contribution in [-0.2, 0) is 16.1 Å². The van der Waals surface area contributed by atoms with Crippen molar-refractivity contribution in [3.8, 4) is 0 Å². The molecule has 4 nitrogen and oxygen atoms in total. The van der Waals surface area contributed by atoms with Crippen molar-refractivity contribution in [1.29, 1.82) is 0 Å². The molecule has 0 bridgehead atoms. The van der Waals surface area contributed by atoms with Gasteiger partial charge in [-0.25, -0.2) is 4.28 Å². The highest BCUT2D eigenvalue weighted by molar-refractivity contribution is 7.94. The average molecular weight is 293 g/mol. The van der Waals surface area contributed by atoms with Crippen molar-refractivity contribution in [2.24, 2.45) is 0 Å². The summed E-state index contributed by atoms with van der Waals surface area (Å²) in [4.78, 5) is 3.61. The van der Waals surface area contributed by atoms with Gasteiger partial charge in [-0.1, -0.05) is 13.8 Å². The SMILES string of the molecule is CNOSc1c(N)cc2c3c1CCCN3CCC2(C)C. The summed E-state index contributed by atoms with van der Waals surface area (Å²) in [5.74, 6) is 0. The average Bonchev–Trinajstić information content (AvgIpc) is 2.42. The van der Waals surface area contributed by atoms with Crippen LogP contribution in [0.3, 0.4) is 0 Å². The lowest BCUT2D eigenvalue weighted by Gasteiger charge is -2.44. The minimum atomic E-state index is 0.207. The third-order valence-electron chi connectivity index (χ3n) is 4.49. The van der Waals surface area contributed by atoms with Crippen LogP contribution in [0.15, 0.2) is 11.0 Å². The minimum absolute atomic E-state index is 0.207. The van der Waals surface area contributed by atoms with Crippen molar-refractivity contribution >= 4 is 23.4 Å². The van der Waals surface area contributed by atoms with Crippen molar-refractivity contribution in [1.82, 2.24) is 5.48 Å². The molecule has 0 atom stereocenters. The summed E-state index contributed by atoms with van der Waals surface area (Å²) >= 11 is 1.34. The Kier molecular flexibility index (Phi) is 3.60. The van der Waals surface area contributed by atoms with E-state index in [2.05, 4.69) is 30.3 Å². The van der Waals surface area contributed by atoms with E-state index in [-0.39, 0.29) is 5.41 Å². The van der Waals surface area contributed by atoms with Crippen LogP contribution >= 0.6 is 12.0 Å². The number of hydroxylamine groups is 1. The maximum Gasteiger partial charge on any atom is 0.0655 e. The zero-order chi connectivity index (χ0) is 14.3. The van der Waals surface area contributed by atoms with Crippen molar-refractivity contribution < 1.29 is 4.28 Å². The van der Waals surface area contributed by atoms with E-state index in [1.165, 1.54) is 41.7 Å². The number of hydrogen-bond acceptors (Lipinski definition) is 5. The molecule has 1 aromatic rings. The Morgan fingerprint density at radius 3 is 2.95 bits per heavy atom. The predicted octanol–water partition coefficient (Wildman–Crippen LogP) is 2.86. The number of hydrogen-bond donors (Lipinski definition) is 2. The first kappa shape index (κ1) is 14.0. The first-order valence-corrected chi connectivity index (χ1v) is 8.00. The normalized spacial score (nSPS) is 19.9. The van der Waals surface area contributed by atoms with Crippen molar-refractivity contribution in [2.75, 3.05) is 30.8 Å². The van der Waals surface area contributed by atoms with Crippen LogP contribution in [0.5, 0.6) is 0 Å². The Labute approximate surface area is 125 Å². The molecule has 0 aliphatic carbocycles. The van der Waals surface area contributed by atoms with Crippen LogP contribution in [0.4, 0.5) is 11.4 Å². The predicted molar refractivity (Wildman–Crippen MR) is 85.0 cm³/mol. The summed E-state index contributed by atoms with van der Waals surface area (Å²) in [5, 5.41) is 0. The number of benzene rings is 1. The largest absolute Gasteiger partial charge is 0.398 e. The second kappa shape index (κ2) is 5.13. The zero-order valence-electron chi connectivity index (χ0n) is 12.5. The number of nitrogens with zero attached hydrogens (tertiary/aromatic N) is 1. The van der Waals surface area contributed by atoms with E-state index in [0.29, 0.717) is 0 Å². The highest BCUT2D eigenvalue weighted by Crippen LogP contribution is 2.48. The first-order chi connectivity index (χ1) is 9.54. The van der Waals surface area contributed by atoms with Crippen LogP contribution in [0, 0.1) is 0 Å². The highest BCUT2D eigenvalue weighted by atomic mass is 32.2. The quantitative estimate of drug-likeness (QED) is 0.510. The lowest BCUT2D eigenvalue weighted by atomic mass is 9.75. The lowest BCUT2D eigenvalue weighted by Crippen LogP contribution is -2.41. The van der Waals surface area contributed by atoms with Crippen molar-refractivity contribution in [2.45, 2.75) is 43.4 Å². The molecular formula is C15H23N3OS. The molecule has 3 rings (SSSR count). The molecule has 2 heterocycles. The van der Waals surface area contributed by atoms with Crippen molar-refractivity contribution in [3.63, 3.8) is 0 Å². The molecule has 1 aromatic carbocycles. The van der Waals surface area contributed by atoms with Crippen LogP contribution in [0.2, 0.25) is 0 Å². The molecule has 0 saturated heterocycles. The minimum Gasteiger partial charge on any atom is -0.398 e. The molecule has 0 aromatic heterocycles. The Bertz CT molecular complexity index is 530. The number of anilines is 2. The van der Waals surface area contributed by atoms with Gasteiger partial charge >= 0.3 is 0 Å². The fourth-order valence-corrected chi connectivity index (χ4v) is 3.98. The third kappa shape index (κ3) is 2.18. The first-order valence-electron chi connectivity index (χ1n) is 7.25. The van der Waals surface area contributed by atoms with Crippen molar-refractivity contribution in [3.05, 3.63) is 17.2 Å². The molecule has 0 unspecified atom stereocenters. The molecule has 0 amide bonds. The van der Waals surface area contributed by atoms with Crippen LogP contribution in [0.1, 0.15) is 37.8 Å². The molecule has 0 spiro atoms. The summed E-state index contributed by atoms with van der Waals surface area (Å²) < 4.78 is 5.31. The summed E-state index contributed by atoms with van der Waals surface area (Å²) in [6.07, 6.45) is 3.48. The van der Waals surface area contributed by atoms with Gasteiger partial charge in [0.05, 0.1) is 16.9 Å².